The van der Waals surface area contributed by atoms with Crippen molar-refractivity contribution in [2.24, 2.45) is 0 Å². The fourth-order valence-corrected chi connectivity index (χ4v) is 5.12. The first-order chi connectivity index (χ1) is 14.1. The van der Waals surface area contributed by atoms with Gasteiger partial charge < -0.3 is 10.6 Å². The number of rotatable bonds is 6. The number of sulfonamides is 1. The number of nitrogens with one attached hydrogen (secondary N) is 3. The van der Waals surface area contributed by atoms with E-state index in [1.807, 2.05) is 0 Å². The van der Waals surface area contributed by atoms with Crippen molar-refractivity contribution in [1.82, 2.24) is 20.4 Å². The second kappa shape index (κ2) is 8.70. The normalized spacial score (nSPS) is 18.6. The molecule has 1 aromatic carbocycles. The van der Waals surface area contributed by atoms with E-state index in [1.165, 1.54) is 23.4 Å². The van der Waals surface area contributed by atoms with E-state index in [1.54, 1.807) is 13.0 Å². The summed E-state index contributed by atoms with van der Waals surface area (Å²) >= 11 is 0. The number of hydrogen-bond acceptors (Lipinski definition) is 6. The Morgan fingerprint density at radius 2 is 1.90 bits per heavy atom. The van der Waals surface area contributed by atoms with E-state index in [4.69, 9.17) is 4.84 Å². The van der Waals surface area contributed by atoms with E-state index >= 15 is 0 Å². The quantitative estimate of drug-likeness (QED) is 0.549. The number of carbonyl (C=O) groups is 2. The number of hydroxylamine groups is 1. The monoisotopic (exact) mass is 440 g/mol. The predicted molar refractivity (Wildman–Crippen MR) is 106 cm³/mol. The Morgan fingerprint density at radius 1 is 1.23 bits per heavy atom. The number of nitrogens with zero attached hydrogens (tertiary/aromatic N) is 1. The van der Waals surface area contributed by atoms with Crippen LogP contribution in [-0.4, -0.2) is 56.3 Å². The smallest absolute Gasteiger partial charge is 0.269 e. The zero-order valence-corrected chi connectivity index (χ0v) is 17.6. The summed E-state index contributed by atoms with van der Waals surface area (Å²) in [7, 11) is -3.83. The van der Waals surface area contributed by atoms with Gasteiger partial charge in [-0.25, -0.2) is 12.8 Å². The third-order valence-corrected chi connectivity index (χ3v) is 7.18. The number of benzene rings is 1. The molecule has 0 unspecified atom stereocenters. The Labute approximate surface area is 174 Å². The Kier molecular flexibility index (Phi) is 6.44. The Bertz CT molecular complexity index is 971. The minimum absolute atomic E-state index is 0.0429. The Hall–Kier alpha value is -2.50. The molecule has 2 amide bonds. The van der Waals surface area contributed by atoms with Crippen LogP contribution in [-0.2, 0) is 24.4 Å². The summed E-state index contributed by atoms with van der Waals surface area (Å²) in [6, 6.07) is 3.70. The lowest BCUT2D eigenvalue weighted by Crippen LogP contribution is -2.46. The molecule has 2 aliphatic heterocycles. The molecule has 2 aliphatic rings. The van der Waals surface area contributed by atoms with Gasteiger partial charge in [0.15, 0.2) is 0 Å². The first-order valence-corrected chi connectivity index (χ1v) is 11.0. The van der Waals surface area contributed by atoms with Gasteiger partial charge in [0.2, 0.25) is 15.9 Å². The molecular weight excluding hydrogens is 415 g/mol. The molecule has 2 heterocycles. The Balaban J connectivity index is 1.61. The fraction of sp³-hybridized carbons (Fsp3) is 0.474. The van der Waals surface area contributed by atoms with Gasteiger partial charge in [0, 0.05) is 33.1 Å². The van der Waals surface area contributed by atoms with Gasteiger partial charge in [0.05, 0.1) is 4.90 Å². The molecule has 3 N–H and O–H groups in total. The highest BCUT2D eigenvalue weighted by Gasteiger charge is 2.42. The molecule has 3 rings (SSSR count). The number of amides is 2. The molecule has 0 bridgehead atoms. The van der Waals surface area contributed by atoms with E-state index in [2.05, 4.69) is 16.1 Å². The van der Waals surface area contributed by atoms with Gasteiger partial charge in [-0.05, 0) is 43.5 Å². The molecule has 164 valence electrons. The van der Waals surface area contributed by atoms with Crippen LogP contribution in [0.3, 0.4) is 0 Å². The van der Waals surface area contributed by atoms with Gasteiger partial charge in [-0.1, -0.05) is 6.07 Å². The first-order valence-electron chi connectivity index (χ1n) is 9.59. The molecule has 0 aromatic heterocycles. The lowest BCUT2D eigenvalue weighted by Gasteiger charge is -2.36. The highest BCUT2D eigenvalue weighted by Crippen LogP contribution is 2.34. The largest absolute Gasteiger partial charge is 0.355 e. The van der Waals surface area contributed by atoms with Gasteiger partial charge in [0.25, 0.3) is 5.91 Å². The molecule has 1 fully saturated rings. The molecule has 1 aromatic rings. The van der Waals surface area contributed by atoms with Crippen molar-refractivity contribution in [3.8, 4) is 0 Å². The second-order valence-corrected chi connectivity index (χ2v) is 9.29. The maximum Gasteiger partial charge on any atom is 0.269 e. The lowest BCUT2D eigenvalue weighted by atomic mass is 9.92. The minimum atomic E-state index is -3.83. The third-order valence-electron chi connectivity index (χ3n) is 5.14. The SMILES string of the molecule is CC(=O)NCCNC(=O)C1=CC2(CCN(S(=O)(=O)c3cc(F)ccc3C)CC2)ON1. The van der Waals surface area contributed by atoms with Crippen molar-refractivity contribution in [2.45, 2.75) is 37.2 Å². The van der Waals surface area contributed by atoms with Crippen molar-refractivity contribution in [2.75, 3.05) is 26.2 Å². The zero-order valence-electron chi connectivity index (χ0n) is 16.8. The van der Waals surface area contributed by atoms with E-state index in [0.29, 0.717) is 24.9 Å². The molecule has 1 saturated heterocycles. The first kappa shape index (κ1) is 22.2. The van der Waals surface area contributed by atoms with Gasteiger partial charge >= 0.3 is 0 Å². The molecule has 0 radical (unpaired) electrons. The average molecular weight is 440 g/mol. The van der Waals surface area contributed by atoms with E-state index in [9.17, 15) is 22.4 Å². The second-order valence-electron chi connectivity index (χ2n) is 7.38. The summed E-state index contributed by atoms with van der Waals surface area (Å²) in [6.45, 7) is 3.95. The average Bonchev–Trinajstić information content (AvgIpc) is 3.10. The summed E-state index contributed by atoms with van der Waals surface area (Å²) in [5.41, 5.74) is 2.55. The summed E-state index contributed by atoms with van der Waals surface area (Å²) < 4.78 is 40.7. The summed E-state index contributed by atoms with van der Waals surface area (Å²) in [5.74, 6) is -1.16. The van der Waals surface area contributed by atoms with Crippen LogP contribution < -0.4 is 16.1 Å². The highest BCUT2D eigenvalue weighted by molar-refractivity contribution is 7.89. The highest BCUT2D eigenvalue weighted by atomic mass is 32.2. The van der Waals surface area contributed by atoms with Crippen LogP contribution in [0.1, 0.15) is 25.3 Å². The van der Waals surface area contributed by atoms with Crippen LogP contribution in [0, 0.1) is 12.7 Å². The van der Waals surface area contributed by atoms with Crippen molar-refractivity contribution in [3.63, 3.8) is 0 Å². The van der Waals surface area contributed by atoms with Crippen LogP contribution >= 0.6 is 0 Å². The molecule has 11 heteroatoms. The maximum atomic E-state index is 13.6. The van der Waals surface area contributed by atoms with E-state index in [-0.39, 0.29) is 42.0 Å². The third kappa shape index (κ3) is 4.79. The Morgan fingerprint density at radius 3 is 2.57 bits per heavy atom. The minimum Gasteiger partial charge on any atom is -0.355 e. The molecular formula is C19H25FN4O5S. The van der Waals surface area contributed by atoms with E-state index in [0.717, 1.165) is 6.07 Å². The van der Waals surface area contributed by atoms with Gasteiger partial charge in [-0.15, -0.1) is 0 Å². The number of halogens is 1. The zero-order chi connectivity index (χ0) is 21.9. The summed E-state index contributed by atoms with van der Waals surface area (Å²) in [6.07, 6.45) is 2.35. The van der Waals surface area contributed by atoms with E-state index < -0.39 is 21.4 Å². The number of carbonyl (C=O) groups excluding carboxylic acids is 2. The topological polar surface area (TPSA) is 117 Å². The van der Waals surface area contributed by atoms with Crippen LogP contribution in [0.5, 0.6) is 0 Å². The number of piperidine rings is 1. The maximum absolute atomic E-state index is 13.6. The van der Waals surface area contributed by atoms with Crippen LogP contribution in [0.2, 0.25) is 0 Å². The molecule has 30 heavy (non-hydrogen) atoms. The van der Waals surface area contributed by atoms with Gasteiger partial charge in [-0.3, -0.25) is 19.9 Å². The molecule has 1 spiro atoms. The summed E-state index contributed by atoms with van der Waals surface area (Å²) in [5, 5.41) is 5.24. The summed E-state index contributed by atoms with van der Waals surface area (Å²) in [4.78, 5) is 28.6. The lowest BCUT2D eigenvalue weighted by molar-refractivity contribution is -0.121. The van der Waals surface area contributed by atoms with Gasteiger partial charge in [0.1, 0.15) is 17.1 Å². The molecule has 0 atom stereocenters. The van der Waals surface area contributed by atoms with Crippen molar-refractivity contribution < 1.29 is 27.2 Å². The van der Waals surface area contributed by atoms with Crippen LogP contribution in [0.4, 0.5) is 4.39 Å². The van der Waals surface area contributed by atoms with Crippen LogP contribution in [0.25, 0.3) is 0 Å². The van der Waals surface area contributed by atoms with Crippen LogP contribution in [0.15, 0.2) is 34.9 Å². The number of hydrogen-bond donors (Lipinski definition) is 3. The molecule has 9 nitrogen and oxygen atoms in total. The fourth-order valence-electron chi connectivity index (χ4n) is 3.44. The number of aryl methyl sites for hydroxylation is 1. The molecule has 0 saturated carbocycles. The van der Waals surface area contributed by atoms with Gasteiger partial charge in [-0.2, -0.15) is 4.31 Å². The van der Waals surface area contributed by atoms with Crippen molar-refractivity contribution >= 4 is 21.8 Å². The van der Waals surface area contributed by atoms with Crippen molar-refractivity contribution in [3.05, 3.63) is 41.4 Å². The van der Waals surface area contributed by atoms with Crippen molar-refractivity contribution in [1.29, 1.82) is 0 Å². The molecule has 0 aliphatic carbocycles. The predicted octanol–water partition coefficient (Wildman–Crippen LogP) is 0.328. The standard InChI is InChI=1S/C19H25FN4O5S/c1-13-3-4-15(20)11-17(13)30(27,28)24-9-5-19(6-10-24)12-16(23-29-19)18(26)22-8-7-21-14(2)25/h3-4,11-12,23H,5-10H2,1-2H3,(H,21,25)(H,22,26).